The summed E-state index contributed by atoms with van der Waals surface area (Å²) < 4.78 is 5.28. The van der Waals surface area contributed by atoms with E-state index in [2.05, 4.69) is 29.3 Å². The van der Waals surface area contributed by atoms with Crippen molar-refractivity contribution < 1.29 is 14.1 Å². The molecule has 4 rings (SSSR count). The molecular formula is C23H24N4O3. The van der Waals surface area contributed by atoms with E-state index in [0.29, 0.717) is 24.6 Å². The van der Waals surface area contributed by atoms with E-state index in [1.165, 1.54) is 0 Å². The molecule has 1 saturated heterocycles. The molecule has 0 saturated carbocycles. The minimum Gasteiger partial charge on any atom is -0.337 e. The molecule has 1 aromatic heterocycles. The Morgan fingerprint density at radius 2 is 1.70 bits per heavy atom. The Labute approximate surface area is 175 Å². The van der Waals surface area contributed by atoms with E-state index in [-0.39, 0.29) is 18.3 Å². The predicted octanol–water partition coefficient (Wildman–Crippen LogP) is 3.46. The molecule has 1 aliphatic heterocycles. The van der Waals surface area contributed by atoms with Gasteiger partial charge < -0.3 is 9.84 Å². The van der Waals surface area contributed by atoms with Gasteiger partial charge in [0.15, 0.2) is 11.4 Å². The molecule has 1 atom stereocenters. The molecule has 7 heteroatoms. The van der Waals surface area contributed by atoms with Crippen LogP contribution in [0.4, 0.5) is 4.79 Å². The van der Waals surface area contributed by atoms with E-state index in [1.54, 1.807) is 0 Å². The summed E-state index contributed by atoms with van der Waals surface area (Å²) in [5.74, 6) is 0.873. The van der Waals surface area contributed by atoms with Crippen LogP contribution >= 0.6 is 0 Å². The third kappa shape index (κ3) is 3.83. The summed E-state index contributed by atoms with van der Waals surface area (Å²) in [6.07, 6.45) is 1.02. The van der Waals surface area contributed by atoms with E-state index in [9.17, 15) is 9.59 Å². The van der Waals surface area contributed by atoms with Crippen LogP contribution in [0, 0.1) is 5.92 Å². The number of amides is 3. The Bertz CT molecular complexity index is 1030. The average Bonchev–Trinajstić information content (AvgIpc) is 3.27. The summed E-state index contributed by atoms with van der Waals surface area (Å²) in [5, 5.41) is 6.89. The van der Waals surface area contributed by atoms with Crippen LogP contribution < -0.4 is 5.32 Å². The maximum Gasteiger partial charge on any atom is 0.325 e. The fraction of sp³-hybridized carbons (Fsp3) is 0.304. The second kappa shape index (κ2) is 8.10. The third-order valence-corrected chi connectivity index (χ3v) is 5.15. The summed E-state index contributed by atoms with van der Waals surface area (Å²) >= 11 is 0. The van der Waals surface area contributed by atoms with Gasteiger partial charge in [-0.25, -0.2) is 4.79 Å². The van der Waals surface area contributed by atoms with Crippen LogP contribution in [0.3, 0.4) is 0 Å². The molecular weight excluding hydrogens is 380 g/mol. The van der Waals surface area contributed by atoms with E-state index in [0.717, 1.165) is 16.0 Å². The summed E-state index contributed by atoms with van der Waals surface area (Å²) in [7, 11) is 0. The van der Waals surface area contributed by atoms with Gasteiger partial charge in [0.05, 0.1) is 0 Å². The average molecular weight is 404 g/mol. The zero-order valence-corrected chi connectivity index (χ0v) is 17.0. The zero-order valence-electron chi connectivity index (χ0n) is 17.0. The Balaban J connectivity index is 1.64. The Hall–Kier alpha value is -3.48. The third-order valence-electron chi connectivity index (χ3n) is 5.15. The van der Waals surface area contributed by atoms with Gasteiger partial charge in [-0.05, 0) is 17.0 Å². The molecule has 154 valence electrons. The van der Waals surface area contributed by atoms with Gasteiger partial charge in [-0.1, -0.05) is 79.7 Å². The number of imide groups is 1. The summed E-state index contributed by atoms with van der Waals surface area (Å²) in [4.78, 5) is 31.9. The monoisotopic (exact) mass is 404 g/mol. The number of carbonyl (C=O) groups is 2. The standard InChI is InChI=1S/C23H24N4O3/c1-16(2)13-19-24-20(30-26-19)15-27-21(28)23(25-22(27)29,18-11-7-4-8-12-18)14-17-9-5-3-6-10-17/h3-12,16H,13-15H2,1-2H3,(H,25,29). The quantitative estimate of drug-likeness (QED) is 0.609. The molecule has 1 N–H and O–H groups in total. The molecule has 0 aliphatic carbocycles. The van der Waals surface area contributed by atoms with E-state index in [4.69, 9.17) is 4.52 Å². The Morgan fingerprint density at radius 3 is 2.37 bits per heavy atom. The summed E-state index contributed by atoms with van der Waals surface area (Å²) in [6.45, 7) is 4.07. The molecule has 7 nitrogen and oxygen atoms in total. The van der Waals surface area contributed by atoms with Crippen molar-refractivity contribution in [2.45, 2.75) is 38.8 Å². The molecule has 3 aromatic rings. The van der Waals surface area contributed by atoms with Gasteiger partial charge in [0, 0.05) is 12.8 Å². The number of nitrogens with one attached hydrogen (secondary N) is 1. The van der Waals surface area contributed by atoms with Crippen LogP contribution in [0.25, 0.3) is 0 Å². The minimum absolute atomic E-state index is 0.0564. The highest BCUT2D eigenvalue weighted by atomic mass is 16.5. The first kappa shape index (κ1) is 19.8. The van der Waals surface area contributed by atoms with E-state index < -0.39 is 11.6 Å². The van der Waals surface area contributed by atoms with Gasteiger partial charge in [-0.15, -0.1) is 0 Å². The zero-order chi connectivity index (χ0) is 21.1. The number of rotatable bonds is 7. The lowest BCUT2D eigenvalue weighted by molar-refractivity contribution is -0.132. The number of aromatic nitrogens is 2. The van der Waals surface area contributed by atoms with E-state index in [1.807, 2.05) is 60.7 Å². The van der Waals surface area contributed by atoms with Crippen LogP contribution in [0.1, 0.15) is 36.7 Å². The SMILES string of the molecule is CC(C)Cc1noc(CN2C(=O)NC(Cc3ccccc3)(c3ccccc3)C2=O)n1. The molecule has 2 aromatic carbocycles. The van der Waals surface area contributed by atoms with Crippen molar-refractivity contribution in [3.05, 3.63) is 83.5 Å². The number of hydrogen-bond acceptors (Lipinski definition) is 5. The largest absolute Gasteiger partial charge is 0.337 e. The minimum atomic E-state index is -1.18. The highest BCUT2D eigenvalue weighted by Crippen LogP contribution is 2.33. The highest BCUT2D eigenvalue weighted by Gasteiger charge is 2.52. The molecule has 3 amide bonds. The number of nitrogens with zero attached hydrogens (tertiary/aromatic N) is 3. The lowest BCUT2D eigenvalue weighted by atomic mass is 9.83. The van der Waals surface area contributed by atoms with E-state index >= 15 is 0 Å². The second-order valence-corrected chi connectivity index (χ2v) is 7.96. The van der Waals surface area contributed by atoms with Gasteiger partial charge in [-0.3, -0.25) is 9.69 Å². The summed E-state index contributed by atoms with van der Waals surface area (Å²) in [5.41, 5.74) is 0.509. The van der Waals surface area contributed by atoms with Gasteiger partial charge >= 0.3 is 6.03 Å². The lowest BCUT2D eigenvalue weighted by Gasteiger charge is -2.27. The number of hydrogen-bond donors (Lipinski definition) is 1. The number of benzene rings is 2. The van der Waals surface area contributed by atoms with Crippen molar-refractivity contribution in [2.24, 2.45) is 5.92 Å². The topological polar surface area (TPSA) is 88.3 Å². The van der Waals surface area contributed by atoms with Gasteiger partial charge in [0.25, 0.3) is 5.91 Å². The molecule has 1 fully saturated rings. The number of urea groups is 1. The fourth-order valence-corrected chi connectivity index (χ4v) is 3.75. The van der Waals surface area contributed by atoms with Crippen LogP contribution in [0.15, 0.2) is 65.2 Å². The van der Waals surface area contributed by atoms with Crippen molar-refractivity contribution in [1.29, 1.82) is 0 Å². The highest BCUT2D eigenvalue weighted by molar-refractivity contribution is 6.07. The second-order valence-electron chi connectivity index (χ2n) is 7.96. The lowest BCUT2D eigenvalue weighted by Crippen LogP contribution is -2.46. The number of carbonyl (C=O) groups excluding carboxylic acids is 2. The first-order valence-electron chi connectivity index (χ1n) is 10.0. The summed E-state index contributed by atoms with van der Waals surface area (Å²) in [6, 6.07) is 18.5. The van der Waals surface area contributed by atoms with Crippen molar-refractivity contribution in [3.8, 4) is 0 Å². The molecule has 30 heavy (non-hydrogen) atoms. The fourth-order valence-electron chi connectivity index (χ4n) is 3.75. The normalized spacial score (nSPS) is 18.8. The first-order valence-corrected chi connectivity index (χ1v) is 10.0. The van der Waals surface area contributed by atoms with Crippen molar-refractivity contribution >= 4 is 11.9 Å². The van der Waals surface area contributed by atoms with Gasteiger partial charge in [-0.2, -0.15) is 4.98 Å². The van der Waals surface area contributed by atoms with Crippen LogP contribution in [-0.4, -0.2) is 27.0 Å². The van der Waals surface area contributed by atoms with Crippen LogP contribution in [0.2, 0.25) is 0 Å². The molecule has 2 heterocycles. The van der Waals surface area contributed by atoms with Crippen molar-refractivity contribution in [3.63, 3.8) is 0 Å². The Kier molecular flexibility index (Phi) is 5.35. The molecule has 0 radical (unpaired) electrons. The van der Waals surface area contributed by atoms with Gasteiger partial charge in [0.2, 0.25) is 5.89 Å². The maximum atomic E-state index is 13.6. The maximum absolute atomic E-state index is 13.6. The molecule has 1 aliphatic rings. The molecule has 0 bridgehead atoms. The Morgan fingerprint density at radius 1 is 1.03 bits per heavy atom. The molecule has 1 unspecified atom stereocenters. The smallest absolute Gasteiger partial charge is 0.325 e. The molecule has 0 spiro atoms. The van der Waals surface area contributed by atoms with Crippen LogP contribution in [0.5, 0.6) is 0 Å². The van der Waals surface area contributed by atoms with Crippen molar-refractivity contribution in [2.75, 3.05) is 0 Å². The first-order chi connectivity index (χ1) is 14.5. The van der Waals surface area contributed by atoms with Gasteiger partial charge in [0.1, 0.15) is 6.54 Å². The predicted molar refractivity (Wildman–Crippen MR) is 110 cm³/mol. The van der Waals surface area contributed by atoms with Crippen LogP contribution in [-0.2, 0) is 29.7 Å². The van der Waals surface area contributed by atoms with Crippen molar-refractivity contribution in [1.82, 2.24) is 20.4 Å².